The van der Waals surface area contributed by atoms with E-state index in [2.05, 4.69) is 17.1 Å². The van der Waals surface area contributed by atoms with Gasteiger partial charge in [0.2, 0.25) is 0 Å². The second-order valence-corrected chi connectivity index (χ2v) is 7.93. The summed E-state index contributed by atoms with van der Waals surface area (Å²) >= 11 is 0. The van der Waals surface area contributed by atoms with Crippen LogP contribution in [0.25, 0.3) is 10.9 Å². The van der Waals surface area contributed by atoms with E-state index >= 15 is 0 Å². The molecule has 2 aromatic rings. The number of hydrogen-bond acceptors (Lipinski definition) is 4. The van der Waals surface area contributed by atoms with Gasteiger partial charge in [-0.25, -0.2) is 4.79 Å². The molecule has 1 aliphatic rings. The summed E-state index contributed by atoms with van der Waals surface area (Å²) in [7, 11) is 0. The second-order valence-electron chi connectivity index (χ2n) is 7.93. The van der Waals surface area contributed by atoms with Crippen LogP contribution in [0.5, 0.6) is 0 Å². The molecule has 1 amide bonds. The average Bonchev–Trinajstić information content (AvgIpc) is 2.59. The maximum Gasteiger partial charge on any atom is 0.410 e. The minimum absolute atomic E-state index is 0.144. The predicted molar refractivity (Wildman–Crippen MR) is 102 cm³/mol. The van der Waals surface area contributed by atoms with Crippen LogP contribution in [0.4, 0.5) is 4.79 Å². The SMILES string of the molecule is Cc1ccc2cc(CN(C(=O)OC(C)(C)C)C3CCOCC3)ccc2n1. The van der Waals surface area contributed by atoms with Crippen LogP contribution in [-0.4, -0.2) is 40.8 Å². The maximum absolute atomic E-state index is 12.8. The molecule has 140 valence electrons. The quantitative estimate of drug-likeness (QED) is 0.815. The van der Waals surface area contributed by atoms with Crippen molar-refractivity contribution in [3.8, 4) is 0 Å². The number of pyridine rings is 1. The highest BCUT2D eigenvalue weighted by Crippen LogP contribution is 2.23. The van der Waals surface area contributed by atoms with Crippen molar-refractivity contribution in [3.05, 3.63) is 41.6 Å². The van der Waals surface area contributed by atoms with Gasteiger partial charge in [-0.1, -0.05) is 12.1 Å². The first-order valence-electron chi connectivity index (χ1n) is 9.25. The van der Waals surface area contributed by atoms with E-state index in [1.165, 1.54) is 0 Å². The van der Waals surface area contributed by atoms with Gasteiger partial charge in [0.05, 0.1) is 5.52 Å². The zero-order chi connectivity index (χ0) is 18.7. The lowest BCUT2D eigenvalue weighted by molar-refractivity contribution is -0.00807. The molecule has 1 saturated heterocycles. The molecule has 5 heteroatoms. The molecule has 5 nitrogen and oxygen atoms in total. The topological polar surface area (TPSA) is 51.7 Å². The molecule has 0 N–H and O–H groups in total. The Morgan fingerprint density at radius 3 is 2.65 bits per heavy atom. The zero-order valence-corrected chi connectivity index (χ0v) is 16.1. The summed E-state index contributed by atoms with van der Waals surface area (Å²) in [5.74, 6) is 0. The van der Waals surface area contributed by atoms with Crippen LogP contribution in [0.15, 0.2) is 30.3 Å². The summed E-state index contributed by atoms with van der Waals surface area (Å²) in [6.45, 7) is 9.59. The van der Waals surface area contributed by atoms with Gasteiger partial charge in [-0.05, 0) is 64.3 Å². The Hall–Kier alpha value is -2.14. The van der Waals surface area contributed by atoms with Gasteiger partial charge in [0, 0.05) is 36.9 Å². The standard InChI is InChI=1S/C21H28N2O3/c1-15-5-7-17-13-16(6-8-19(17)22-15)14-23(18-9-11-25-12-10-18)20(24)26-21(2,3)4/h5-8,13,18H,9-12,14H2,1-4H3. The molecule has 0 saturated carbocycles. The third kappa shape index (κ3) is 4.73. The van der Waals surface area contributed by atoms with E-state index in [0.717, 1.165) is 35.0 Å². The average molecular weight is 356 g/mol. The summed E-state index contributed by atoms with van der Waals surface area (Å²) in [6.07, 6.45) is 1.42. The minimum atomic E-state index is -0.509. The van der Waals surface area contributed by atoms with E-state index in [-0.39, 0.29) is 12.1 Å². The second kappa shape index (κ2) is 7.62. The number of carbonyl (C=O) groups is 1. The van der Waals surface area contributed by atoms with Gasteiger partial charge < -0.3 is 14.4 Å². The number of aromatic nitrogens is 1. The summed E-state index contributed by atoms with van der Waals surface area (Å²) in [4.78, 5) is 19.2. The number of rotatable bonds is 3. The van der Waals surface area contributed by atoms with Gasteiger partial charge in [-0.3, -0.25) is 4.98 Å². The molecule has 0 spiro atoms. The number of aryl methyl sites for hydroxylation is 1. The van der Waals surface area contributed by atoms with E-state index in [0.29, 0.717) is 19.8 Å². The van der Waals surface area contributed by atoms with Crippen LogP contribution in [0.1, 0.15) is 44.9 Å². The molecule has 1 aliphatic heterocycles. The molecular weight excluding hydrogens is 328 g/mol. The van der Waals surface area contributed by atoms with Crippen LogP contribution in [-0.2, 0) is 16.0 Å². The van der Waals surface area contributed by atoms with E-state index in [4.69, 9.17) is 9.47 Å². The molecule has 0 atom stereocenters. The molecule has 0 unspecified atom stereocenters. The van der Waals surface area contributed by atoms with Crippen LogP contribution < -0.4 is 0 Å². The Kier molecular flexibility index (Phi) is 5.47. The molecule has 0 radical (unpaired) electrons. The fourth-order valence-electron chi connectivity index (χ4n) is 3.23. The summed E-state index contributed by atoms with van der Waals surface area (Å²) < 4.78 is 11.1. The number of hydrogen-bond donors (Lipinski definition) is 0. The van der Waals surface area contributed by atoms with Crippen molar-refractivity contribution in [3.63, 3.8) is 0 Å². The molecular formula is C21H28N2O3. The van der Waals surface area contributed by atoms with Gasteiger partial charge in [-0.15, -0.1) is 0 Å². The molecule has 1 fully saturated rings. The number of benzene rings is 1. The fraction of sp³-hybridized carbons (Fsp3) is 0.524. The number of nitrogens with zero attached hydrogens (tertiary/aromatic N) is 2. The molecule has 2 heterocycles. The summed E-state index contributed by atoms with van der Waals surface area (Å²) in [6, 6.07) is 10.4. The highest BCUT2D eigenvalue weighted by atomic mass is 16.6. The third-order valence-corrected chi connectivity index (χ3v) is 4.51. The predicted octanol–water partition coefficient (Wildman–Crippen LogP) is 4.46. The largest absolute Gasteiger partial charge is 0.444 e. The number of amides is 1. The number of ether oxygens (including phenoxy) is 2. The molecule has 0 bridgehead atoms. The van der Waals surface area contributed by atoms with Crippen molar-refractivity contribution in [2.45, 2.75) is 58.7 Å². The number of fused-ring (bicyclic) bond motifs is 1. The van der Waals surface area contributed by atoms with Crippen molar-refractivity contribution in [1.82, 2.24) is 9.88 Å². The van der Waals surface area contributed by atoms with Crippen molar-refractivity contribution in [1.29, 1.82) is 0 Å². The molecule has 26 heavy (non-hydrogen) atoms. The first-order valence-corrected chi connectivity index (χ1v) is 9.25. The Bertz CT molecular complexity index is 776. The van der Waals surface area contributed by atoms with E-state index in [1.807, 2.05) is 50.8 Å². The van der Waals surface area contributed by atoms with Crippen LogP contribution in [0, 0.1) is 6.92 Å². The summed E-state index contributed by atoms with van der Waals surface area (Å²) in [5, 5.41) is 1.09. The third-order valence-electron chi connectivity index (χ3n) is 4.51. The fourth-order valence-corrected chi connectivity index (χ4v) is 3.23. The molecule has 1 aromatic heterocycles. The van der Waals surface area contributed by atoms with Gasteiger partial charge in [0.1, 0.15) is 5.60 Å². The maximum atomic E-state index is 12.8. The van der Waals surface area contributed by atoms with Crippen molar-refractivity contribution in [2.24, 2.45) is 0 Å². The Balaban J connectivity index is 1.84. The van der Waals surface area contributed by atoms with E-state index in [9.17, 15) is 4.79 Å². The van der Waals surface area contributed by atoms with E-state index in [1.54, 1.807) is 0 Å². The lowest BCUT2D eigenvalue weighted by atomic mass is 10.1. The lowest BCUT2D eigenvalue weighted by Crippen LogP contribution is -2.45. The van der Waals surface area contributed by atoms with Crippen molar-refractivity contribution in [2.75, 3.05) is 13.2 Å². The Morgan fingerprint density at radius 2 is 1.96 bits per heavy atom. The minimum Gasteiger partial charge on any atom is -0.444 e. The highest BCUT2D eigenvalue weighted by molar-refractivity contribution is 5.79. The smallest absolute Gasteiger partial charge is 0.410 e. The first kappa shape index (κ1) is 18.6. The Morgan fingerprint density at radius 1 is 1.23 bits per heavy atom. The first-order chi connectivity index (χ1) is 12.3. The normalized spacial score (nSPS) is 15.8. The van der Waals surface area contributed by atoms with Crippen molar-refractivity contribution < 1.29 is 14.3 Å². The lowest BCUT2D eigenvalue weighted by Gasteiger charge is -2.35. The number of carbonyl (C=O) groups excluding carboxylic acids is 1. The Labute approximate surface area is 155 Å². The van der Waals surface area contributed by atoms with Gasteiger partial charge in [0.25, 0.3) is 0 Å². The molecule has 1 aromatic carbocycles. The summed E-state index contributed by atoms with van der Waals surface area (Å²) in [5.41, 5.74) is 2.55. The zero-order valence-electron chi connectivity index (χ0n) is 16.1. The molecule has 0 aliphatic carbocycles. The van der Waals surface area contributed by atoms with Gasteiger partial charge >= 0.3 is 6.09 Å². The monoisotopic (exact) mass is 356 g/mol. The van der Waals surface area contributed by atoms with E-state index < -0.39 is 5.60 Å². The molecule has 3 rings (SSSR count). The van der Waals surface area contributed by atoms with Crippen LogP contribution >= 0.6 is 0 Å². The van der Waals surface area contributed by atoms with Crippen molar-refractivity contribution >= 4 is 17.0 Å². The van der Waals surface area contributed by atoms with Crippen LogP contribution in [0.3, 0.4) is 0 Å². The van der Waals surface area contributed by atoms with Gasteiger partial charge in [-0.2, -0.15) is 0 Å². The van der Waals surface area contributed by atoms with Gasteiger partial charge in [0.15, 0.2) is 0 Å². The highest BCUT2D eigenvalue weighted by Gasteiger charge is 2.29. The van der Waals surface area contributed by atoms with Crippen LogP contribution in [0.2, 0.25) is 0 Å².